The van der Waals surface area contributed by atoms with Crippen molar-refractivity contribution in [3.8, 4) is 11.8 Å². The SMILES string of the molecule is O=COCC#CCOS(=O)(=O)C(F)(F)F. The first-order valence-electron chi connectivity index (χ1n) is 3.28. The minimum absolute atomic E-state index is 0.0853. The standard InChI is InChI=1S/C6H5F3O5S/c7-6(8,9)15(11,12)14-4-2-1-3-13-5-10/h5H,3-4H2. The second-order valence-corrected chi connectivity index (χ2v) is 3.53. The molecule has 0 amide bonds. The van der Waals surface area contributed by atoms with E-state index in [0.717, 1.165) is 0 Å². The fraction of sp³-hybridized carbons (Fsp3) is 0.500. The van der Waals surface area contributed by atoms with Crippen LogP contribution in [0.5, 0.6) is 0 Å². The summed E-state index contributed by atoms with van der Waals surface area (Å²) in [5.41, 5.74) is -5.46. The number of alkyl halides is 3. The highest BCUT2D eigenvalue weighted by Crippen LogP contribution is 2.24. The number of hydrogen-bond donors (Lipinski definition) is 0. The van der Waals surface area contributed by atoms with E-state index in [4.69, 9.17) is 0 Å². The molecule has 0 saturated carbocycles. The smallest absolute Gasteiger partial charge is 0.455 e. The first kappa shape index (κ1) is 13.7. The minimum atomic E-state index is -5.60. The molecule has 9 heteroatoms. The molecule has 0 fully saturated rings. The van der Waals surface area contributed by atoms with Crippen LogP contribution >= 0.6 is 0 Å². The number of halogens is 3. The van der Waals surface area contributed by atoms with Gasteiger partial charge in [-0.15, -0.1) is 0 Å². The Balaban J connectivity index is 4.06. The van der Waals surface area contributed by atoms with E-state index >= 15 is 0 Å². The maximum Gasteiger partial charge on any atom is 0.523 e. The number of hydrogen-bond acceptors (Lipinski definition) is 5. The van der Waals surface area contributed by atoms with Crippen molar-refractivity contribution in [2.75, 3.05) is 13.2 Å². The van der Waals surface area contributed by atoms with Gasteiger partial charge in [-0.25, -0.2) is 0 Å². The molecule has 0 aromatic rings. The Bertz CT molecular complexity index is 360. The summed E-state index contributed by atoms with van der Waals surface area (Å²) in [4.78, 5) is 9.56. The second-order valence-electron chi connectivity index (χ2n) is 1.92. The van der Waals surface area contributed by atoms with E-state index in [-0.39, 0.29) is 13.1 Å². The molecule has 5 nitrogen and oxygen atoms in total. The van der Waals surface area contributed by atoms with Crippen LogP contribution in [0.2, 0.25) is 0 Å². The number of rotatable bonds is 4. The Kier molecular flexibility index (Phi) is 5.10. The quantitative estimate of drug-likeness (QED) is 0.230. The van der Waals surface area contributed by atoms with Gasteiger partial charge in [-0.1, -0.05) is 11.8 Å². The number of ether oxygens (including phenoxy) is 1. The molecule has 86 valence electrons. The van der Waals surface area contributed by atoms with E-state index in [1.807, 2.05) is 5.92 Å². The Labute approximate surface area is 83.3 Å². The molecule has 0 aliphatic carbocycles. The predicted octanol–water partition coefficient (Wildman–Crippen LogP) is 0.0290. The Morgan fingerprint density at radius 3 is 2.20 bits per heavy atom. The third-order valence-corrected chi connectivity index (χ3v) is 1.91. The lowest BCUT2D eigenvalue weighted by Crippen LogP contribution is -2.25. The molecule has 0 atom stereocenters. The lowest BCUT2D eigenvalue weighted by molar-refractivity contribution is -0.127. The van der Waals surface area contributed by atoms with Crippen LogP contribution < -0.4 is 0 Å². The van der Waals surface area contributed by atoms with Gasteiger partial charge in [-0.3, -0.25) is 8.98 Å². The van der Waals surface area contributed by atoms with E-state index in [9.17, 15) is 26.4 Å². The van der Waals surface area contributed by atoms with Gasteiger partial charge in [0, 0.05) is 0 Å². The molecule has 0 aliphatic heterocycles. The number of carbonyl (C=O) groups is 1. The third kappa shape index (κ3) is 5.24. The maximum atomic E-state index is 11.6. The van der Waals surface area contributed by atoms with E-state index in [1.165, 1.54) is 0 Å². The maximum absolute atomic E-state index is 11.6. The van der Waals surface area contributed by atoms with Crippen molar-refractivity contribution in [2.45, 2.75) is 5.51 Å². The zero-order valence-corrected chi connectivity index (χ0v) is 7.89. The summed E-state index contributed by atoms with van der Waals surface area (Å²) >= 11 is 0. The highest BCUT2D eigenvalue weighted by molar-refractivity contribution is 7.87. The van der Waals surface area contributed by atoms with Crippen LogP contribution in [-0.2, 0) is 23.8 Å². The van der Waals surface area contributed by atoms with Crippen molar-refractivity contribution >= 4 is 16.6 Å². The number of carbonyl (C=O) groups excluding carboxylic acids is 1. The molecule has 0 aromatic carbocycles. The summed E-state index contributed by atoms with van der Waals surface area (Å²) < 4.78 is 62.9. The van der Waals surface area contributed by atoms with Crippen LogP contribution in [0.1, 0.15) is 0 Å². The van der Waals surface area contributed by atoms with Gasteiger partial charge in [-0.05, 0) is 0 Å². The molecular weight excluding hydrogens is 241 g/mol. The molecule has 15 heavy (non-hydrogen) atoms. The Hall–Kier alpha value is -1.27. The van der Waals surface area contributed by atoms with Crippen molar-refractivity contribution in [1.82, 2.24) is 0 Å². The minimum Gasteiger partial charge on any atom is -0.455 e. The molecule has 0 unspecified atom stereocenters. The average molecular weight is 246 g/mol. The molecule has 0 rings (SSSR count). The molecule has 0 heterocycles. The van der Waals surface area contributed by atoms with Gasteiger partial charge >= 0.3 is 15.6 Å². The summed E-state index contributed by atoms with van der Waals surface area (Å²) in [5, 5.41) is 0. The van der Waals surface area contributed by atoms with Crippen molar-refractivity contribution in [3.63, 3.8) is 0 Å². The predicted molar refractivity (Wildman–Crippen MR) is 40.7 cm³/mol. The van der Waals surface area contributed by atoms with E-state index in [2.05, 4.69) is 14.8 Å². The van der Waals surface area contributed by atoms with Crippen molar-refractivity contribution in [2.24, 2.45) is 0 Å². The Morgan fingerprint density at radius 1 is 1.20 bits per heavy atom. The highest BCUT2D eigenvalue weighted by Gasteiger charge is 2.47. The molecule has 0 spiro atoms. The molecule has 0 aliphatic rings. The molecule has 0 saturated heterocycles. The summed E-state index contributed by atoms with van der Waals surface area (Å²) in [5.74, 6) is 3.96. The largest absolute Gasteiger partial charge is 0.523 e. The zero-order valence-electron chi connectivity index (χ0n) is 7.07. The van der Waals surface area contributed by atoms with Crippen molar-refractivity contribution < 1.29 is 35.3 Å². The van der Waals surface area contributed by atoms with Gasteiger partial charge in [-0.2, -0.15) is 21.6 Å². The van der Waals surface area contributed by atoms with Crippen LogP contribution in [0.15, 0.2) is 0 Å². The van der Waals surface area contributed by atoms with Crippen LogP contribution in [0.3, 0.4) is 0 Å². The summed E-state index contributed by atoms with van der Waals surface area (Å²) in [6.07, 6.45) is 0. The summed E-state index contributed by atoms with van der Waals surface area (Å²) in [6, 6.07) is 0. The first-order valence-corrected chi connectivity index (χ1v) is 4.69. The molecular formula is C6H5F3O5S. The van der Waals surface area contributed by atoms with E-state index < -0.39 is 22.2 Å². The fourth-order valence-corrected chi connectivity index (χ4v) is 0.699. The van der Waals surface area contributed by atoms with Gasteiger partial charge in [0.25, 0.3) is 6.47 Å². The van der Waals surface area contributed by atoms with Gasteiger partial charge in [0.05, 0.1) is 0 Å². The lowest BCUT2D eigenvalue weighted by atomic mass is 10.6. The summed E-state index contributed by atoms with van der Waals surface area (Å²) in [7, 11) is -5.60. The molecule has 0 aromatic heterocycles. The first-order chi connectivity index (χ1) is 6.81. The van der Waals surface area contributed by atoms with Gasteiger partial charge in [0.15, 0.2) is 6.61 Å². The van der Waals surface area contributed by atoms with Gasteiger partial charge in [0.1, 0.15) is 6.61 Å². The summed E-state index contributed by atoms with van der Waals surface area (Å²) in [6.45, 7) is -1.22. The Morgan fingerprint density at radius 2 is 1.73 bits per heavy atom. The van der Waals surface area contributed by atoms with Crippen LogP contribution in [0.25, 0.3) is 0 Å². The third-order valence-electron chi connectivity index (χ3n) is 0.918. The lowest BCUT2D eigenvalue weighted by Gasteiger charge is -2.04. The van der Waals surface area contributed by atoms with Crippen LogP contribution in [0.4, 0.5) is 13.2 Å². The van der Waals surface area contributed by atoms with Crippen LogP contribution in [0, 0.1) is 11.8 Å². The van der Waals surface area contributed by atoms with Crippen molar-refractivity contribution in [1.29, 1.82) is 0 Å². The zero-order chi connectivity index (χ0) is 11.9. The monoisotopic (exact) mass is 246 g/mol. The molecule has 0 N–H and O–H groups in total. The van der Waals surface area contributed by atoms with Gasteiger partial charge in [0.2, 0.25) is 0 Å². The van der Waals surface area contributed by atoms with E-state index in [0.29, 0.717) is 0 Å². The average Bonchev–Trinajstić information content (AvgIpc) is 2.09. The normalized spacial score (nSPS) is 11.4. The van der Waals surface area contributed by atoms with E-state index in [1.54, 1.807) is 0 Å². The fourth-order valence-electron chi connectivity index (χ4n) is 0.352. The topological polar surface area (TPSA) is 69.7 Å². The van der Waals surface area contributed by atoms with Crippen molar-refractivity contribution in [3.05, 3.63) is 0 Å². The van der Waals surface area contributed by atoms with Gasteiger partial charge < -0.3 is 4.74 Å². The second kappa shape index (κ2) is 5.57. The van der Waals surface area contributed by atoms with Crippen LogP contribution in [-0.4, -0.2) is 33.6 Å². The molecule has 0 bridgehead atoms. The molecule has 0 radical (unpaired) electrons. The highest BCUT2D eigenvalue weighted by atomic mass is 32.2.